The Morgan fingerprint density at radius 3 is 2.67 bits per heavy atom. The van der Waals surface area contributed by atoms with Gasteiger partial charge in [-0.3, -0.25) is 9.69 Å². The number of carbonyl (C=O) groups is 1. The van der Waals surface area contributed by atoms with E-state index in [1.54, 1.807) is 0 Å². The third kappa shape index (κ3) is 6.18. The van der Waals surface area contributed by atoms with E-state index in [0.717, 1.165) is 55.4 Å². The summed E-state index contributed by atoms with van der Waals surface area (Å²) in [6.45, 7) is 7.03. The van der Waals surface area contributed by atoms with E-state index in [2.05, 4.69) is 26.8 Å². The van der Waals surface area contributed by atoms with Crippen molar-refractivity contribution < 1.29 is 14.6 Å². The molecule has 2 heterocycles. The van der Waals surface area contributed by atoms with Crippen LogP contribution in [0.2, 0.25) is 0 Å². The largest absolute Gasteiger partial charge is 0.467 e. The van der Waals surface area contributed by atoms with Crippen LogP contribution in [-0.4, -0.2) is 64.3 Å². The number of nitrogens with two attached hydrogens (primary N) is 1. The van der Waals surface area contributed by atoms with Gasteiger partial charge in [-0.15, -0.1) is 0 Å². The molecule has 0 aliphatic rings. The molecule has 2 rings (SSSR count). The molecule has 0 aliphatic carbocycles. The molecule has 0 amide bonds. The van der Waals surface area contributed by atoms with Gasteiger partial charge in [-0.05, 0) is 45.2 Å². The van der Waals surface area contributed by atoms with Gasteiger partial charge in [0, 0.05) is 18.8 Å². The predicted octanol–water partition coefficient (Wildman–Crippen LogP) is 1.73. The van der Waals surface area contributed by atoms with E-state index in [4.69, 9.17) is 15.6 Å². The Balaban J connectivity index is 1.76. The Bertz CT molecular complexity index is 732. The lowest BCUT2D eigenvalue weighted by Crippen LogP contribution is -2.31. The molecule has 0 radical (unpaired) electrons. The van der Waals surface area contributed by atoms with Crippen molar-refractivity contribution in [2.24, 2.45) is 0 Å². The maximum Gasteiger partial charge on any atom is 0.293 e. The van der Waals surface area contributed by atoms with Gasteiger partial charge in [0.1, 0.15) is 17.9 Å². The number of anilines is 1. The van der Waals surface area contributed by atoms with Gasteiger partial charge in [0.05, 0.1) is 12.1 Å². The minimum atomic E-state index is 0.116. The van der Waals surface area contributed by atoms with Crippen LogP contribution in [0.5, 0.6) is 0 Å². The molecule has 0 saturated heterocycles. The number of fused-ring (bicyclic) bond motifs is 1. The molecule has 2 aromatic heterocycles. The molecule has 4 N–H and O–H groups in total. The van der Waals surface area contributed by atoms with Gasteiger partial charge in [0.2, 0.25) is 0 Å². The molecule has 0 bridgehead atoms. The summed E-state index contributed by atoms with van der Waals surface area (Å²) in [6, 6.07) is 0. The summed E-state index contributed by atoms with van der Waals surface area (Å²) in [7, 11) is 0. The van der Waals surface area contributed by atoms with Crippen LogP contribution in [0.25, 0.3) is 11.0 Å². The van der Waals surface area contributed by atoms with Crippen LogP contribution in [0.4, 0.5) is 5.82 Å². The van der Waals surface area contributed by atoms with E-state index >= 15 is 0 Å². The summed E-state index contributed by atoms with van der Waals surface area (Å²) >= 11 is 0. The fraction of sp³-hybridized carbons (Fsp3) is 0.632. The van der Waals surface area contributed by atoms with Crippen LogP contribution in [-0.2, 0) is 16.0 Å². The number of hydrogen-bond acceptors (Lipinski definition) is 7. The number of ether oxygens (including phenoxy) is 1. The zero-order valence-electron chi connectivity index (χ0n) is 16.3. The number of aromatic nitrogens is 3. The summed E-state index contributed by atoms with van der Waals surface area (Å²) in [5, 5.41) is 9.12. The molecule has 0 unspecified atom stereocenters. The van der Waals surface area contributed by atoms with Gasteiger partial charge in [-0.1, -0.05) is 12.8 Å². The third-order valence-electron chi connectivity index (χ3n) is 4.76. The second-order valence-electron chi connectivity index (χ2n) is 6.80. The normalized spacial score (nSPS) is 11.4. The van der Waals surface area contributed by atoms with Crippen molar-refractivity contribution in [1.82, 2.24) is 19.9 Å². The first-order chi connectivity index (χ1) is 13.1. The molecular formula is C19H31N5O3. The summed E-state index contributed by atoms with van der Waals surface area (Å²) in [4.78, 5) is 24.4. The molecular weight excluding hydrogens is 346 g/mol. The summed E-state index contributed by atoms with van der Waals surface area (Å²) < 4.78 is 4.73. The molecule has 0 saturated carbocycles. The van der Waals surface area contributed by atoms with Gasteiger partial charge >= 0.3 is 0 Å². The van der Waals surface area contributed by atoms with Crippen LogP contribution in [0.1, 0.15) is 42.8 Å². The Morgan fingerprint density at radius 1 is 1.15 bits per heavy atom. The number of aliphatic hydroxyl groups is 1. The summed E-state index contributed by atoms with van der Waals surface area (Å²) in [5.74, 6) is 1.21. The molecule has 8 heteroatoms. The highest BCUT2D eigenvalue weighted by Gasteiger charge is 2.13. The van der Waals surface area contributed by atoms with Crippen molar-refractivity contribution in [2.45, 2.75) is 46.0 Å². The van der Waals surface area contributed by atoms with Crippen LogP contribution in [0, 0.1) is 13.8 Å². The molecule has 0 spiro atoms. The van der Waals surface area contributed by atoms with Crippen molar-refractivity contribution in [3.8, 4) is 0 Å². The Labute approximate surface area is 160 Å². The van der Waals surface area contributed by atoms with Gasteiger partial charge < -0.3 is 20.6 Å². The van der Waals surface area contributed by atoms with Gasteiger partial charge in [-0.2, -0.15) is 0 Å². The van der Waals surface area contributed by atoms with Crippen LogP contribution < -0.4 is 5.73 Å². The molecule has 2 aromatic rings. The number of aryl methyl sites for hydroxylation is 3. The van der Waals surface area contributed by atoms with Gasteiger partial charge in [0.15, 0.2) is 5.82 Å². The molecule has 0 aliphatic heterocycles. The highest BCUT2D eigenvalue weighted by molar-refractivity contribution is 5.88. The number of carbonyl (C=O) groups excluding carboxylic acids is 1. The van der Waals surface area contributed by atoms with Crippen LogP contribution >= 0.6 is 0 Å². The molecule has 0 aromatic carbocycles. The highest BCUT2D eigenvalue weighted by Crippen LogP contribution is 2.25. The topological polar surface area (TPSA) is 117 Å². The summed E-state index contributed by atoms with van der Waals surface area (Å²) in [5.41, 5.74) is 10.1. The average Bonchev–Trinajstić information content (AvgIpc) is 2.94. The minimum Gasteiger partial charge on any atom is -0.467 e. The van der Waals surface area contributed by atoms with Crippen molar-refractivity contribution in [1.29, 1.82) is 0 Å². The van der Waals surface area contributed by atoms with E-state index in [-0.39, 0.29) is 6.61 Å². The quantitative estimate of drug-likeness (QED) is 0.359. The van der Waals surface area contributed by atoms with Gasteiger partial charge in [0.25, 0.3) is 6.47 Å². The van der Waals surface area contributed by atoms with Crippen molar-refractivity contribution in [3.63, 3.8) is 0 Å². The van der Waals surface area contributed by atoms with Crippen LogP contribution in [0.3, 0.4) is 0 Å². The third-order valence-corrected chi connectivity index (χ3v) is 4.76. The first kappa shape index (κ1) is 21.1. The summed E-state index contributed by atoms with van der Waals surface area (Å²) in [6.07, 6.45) is 5.36. The number of hydrogen-bond donors (Lipinski definition) is 3. The van der Waals surface area contributed by atoms with Crippen molar-refractivity contribution in [2.75, 3.05) is 38.6 Å². The number of nitrogens with zero attached hydrogens (tertiary/aromatic N) is 3. The zero-order valence-corrected chi connectivity index (χ0v) is 16.3. The van der Waals surface area contributed by atoms with E-state index < -0.39 is 0 Å². The first-order valence-electron chi connectivity index (χ1n) is 9.56. The van der Waals surface area contributed by atoms with E-state index in [1.165, 1.54) is 5.56 Å². The molecule has 8 nitrogen and oxygen atoms in total. The van der Waals surface area contributed by atoms with E-state index in [1.807, 2.05) is 6.92 Å². The Hall–Kier alpha value is -2.19. The van der Waals surface area contributed by atoms with E-state index in [0.29, 0.717) is 37.8 Å². The lowest BCUT2D eigenvalue weighted by atomic mass is 10.1. The lowest BCUT2D eigenvalue weighted by Gasteiger charge is -2.20. The number of aromatic amines is 1. The molecule has 27 heavy (non-hydrogen) atoms. The smallest absolute Gasteiger partial charge is 0.293 e. The number of H-pyrrole nitrogens is 1. The highest BCUT2D eigenvalue weighted by atomic mass is 16.5. The minimum absolute atomic E-state index is 0.116. The van der Waals surface area contributed by atoms with Gasteiger partial charge in [-0.25, -0.2) is 9.97 Å². The van der Waals surface area contributed by atoms with Crippen LogP contribution in [0.15, 0.2) is 0 Å². The van der Waals surface area contributed by atoms with Crippen molar-refractivity contribution >= 4 is 23.3 Å². The molecule has 150 valence electrons. The average molecular weight is 377 g/mol. The Kier molecular flexibility index (Phi) is 8.47. The number of nitrogen functional groups attached to an aromatic ring is 1. The first-order valence-corrected chi connectivity index (χ1v) is 9.56. The zero-order chi connectivity index (χ0) is 19.6. The molecule has 0 atom stereocenters. The predicted molar refractivity (Wildman–Crippen MR) is 105 cm³/mol. The van der Waals surface area contributed by atoms with E-state index in [9.17, 15) is 4.79 Å². The lowest BCUT2D eigenvalue weighted by molar-refractivity contribution is -0.129. The monoisotopic (exact) mass is 377 g/mol. The number of rotatable bonds is 13. The SMILES string of the molecule is Cc1nc(N)c2[nH]c(C)c(CCCCCCN(CCO)CCOC=O)c2n1. The fourth-order valence-corrected chi connectivity index (χ4v) is 3.38. The number of aliphatic hydroxyl groups excluding tert-OH is 1. The Morgan fingerprint density at radius 2 is 1.93 bits per heavy atom. The fourth-order valence-electron chi connectivity index (χ4n) is 3.38. The maximum atomic E-state index is 10.2. The second kappa shape index (κ2) is 10.8. The standard InChI is InChI=1S/C19H31N5O3/c1-14-16(17-18(21-14)19(20)23-15(2)22-17)7-5-3-4-6-8-24(9-11-25)10-12-27-13-26/h13,21,25H,3-12H2,1-2H3,(H2,20,22,23). The molecule has 0 fully saturated rings. The maximum absolute atomic E-state index is 10.2. The number of unbranched alkanes of at least 4 members (excludes halogenated alkanes) is 3. The second-order valence-corrected chi connectivity index (χ2v) is 6.80. The number of nitrogens with one attached hydrogen (secondary N) is 1. The van der Waals surface area contributed by atoms with Crippen molar-refractivity contribution in [3.05, 3.63) is 17.1 Å².